The summed E-state index contributed by atoms with van der Waals surface area (Å²) in [5.74, 6) is 0.362. The molecule has 1 saturated heterocycles. The minimum absolute atomic E-state index is 0.259. The molecule has 0 saturated carbocycles. The molecule has 16 heavy (non-hydrogen) atoms. The average Bonchev–Trinajstić information content (AvgIpc) is 2.33. The molecule has 1 heterocycles. The zero-order valence-electron chi connectivity index (χ0n) is 9.61. The number of aromatic hydroxyl groups is 1. The van der Waals surface area contributed by atoms with E-state index in [0.29, 0.717) is 5.75 Å². The Bertz CT molecular complexity index is 348. The highest BCUT2D eigenvalue weighted by Gasteiger charge is 2.24. The lowest BCUT2D eigenvalue weighted by atomic mass is 9.77. The van der Waals surface area contributed by atoms with Gasteiger partial charge in [0.25, 0.3) is 0 Å². The van der Waals surface area contributed by atoms with Crippen LogP contribution >= 0.6 is 0 Å². The van der Waals surface area contributed by atoms with Gasteiger partial charge in [0.15, 0.2) is 0 Å². The molecule has 1 aromatic carbocycles. The van der Waals surface area contributed by atoms with Gasteiger partial charge in [0.2, 0.25) is 0 Å². The highest BCUT2D eigenvalue weighted by molar-refractivity contribution is 6.61. The summed E-state index contributed by atoms with van der Waals surface area (Å²) >= 11 is 0. The fourth-order valence-electron chi connectivity index (χ4n) is 1.90. The molecule has 0 radical (unpaired) electrons. The molecule has 1 aliphatic heterocycles. The normalized spacial score (nSPS) is 16.4. The van der Waals surface area contributed by atoms with Gasteiger partial charge in [-0.15, -0.1) is 0 Å². The minimum atomic E-state index is -0.259. The van der Waals surface area contributed by atoms with Crippen molar-refractivity contribution < 1.29 is 14.4 Å². The van der Waals surface area contributed by atoms with Gasteiger partial charge in [0, 0.05) is 13.2 Å². The van der Waals surface area contributed by atoms with Crippen molar-refractivity contribution in [2.75, 3.05) is 13.2 Å². The Morgan fingerprint density at radius 1 is 1.31 bits per heavy atom. The molecule has 2 rings (SSSR count). The number of phenols is 1. The van der Waals surface area contributed by atoms with E-state index in [1.165, 1.54) is 0 Å². The highest BCUT2D eigenvalue weighted by atomic mass is 16.6. The average molecular weight is 220 g/mol. The van der Waals surface area contributed by atoms with Crippen LogP contribution in [0.3, 0.4) is 0 Å². The number of aryl methyl sites for hydroxylation is 1. The Morgan fingerprint density at radius 2 is 2.06 bits per heavy atom. The van der Waals surface area contributed by atoms with E-state index >= 15 is 0 Å². The molecule has 1 fully saturated rings. The lowest BCUT2D eigenvalue weighted by molar-refractivity contribution is 0.143. The van der Waals surface area contributed by atoms with E-state index in [2.05, 4.69) is 6.92 Å². The van der Waals surface area contributed by atoms with Gasteiger partial charge in [-0.3, -0.25) is 0 Å². The lowest BCUT2D eigenvalue weighted by Gasteiger charge is -2.20. The first-order valence-corrected chi connectivity index (χ1v) is 5.86. The molecule has 1 N–H and O–H groups in total. The molecule has 4 heteroatoms. The Hall–Kier alpha value is -0.995. The standard InChI is InChI=1S/C12H17BO3/c1-2-4-10-9-11(5-6-12(10)14)13-15-7-3-8-16-13/h5-6,9,14H,2-4,7-8H2,1H3. The molecular weight excluding hydrogens is 203 g/mol. The fourth-order valence-corrected chi connectivity index (χ4v) is 1.90. The third kappa shape index (κ3) is 2.57. The molecule has 0 atom stereocenters. The summed E-state index contributed by atoms with van der Waals surface area (Å²) in [6, 6.07) is 5.57. The maximum absolute atomic E-state index is 9.68. The van der Waals surface area contributed by atoms with Crippen molar-refractivity contribution in [3.8, 4) is 5.75 Å². The van der Waals surface area contributed by atoms with E-state index in [1.807, 2.05) is 12.1 Å². The quantitative estimate of drug-likeness (QED) is 0.784. The second-order valence-corrected chi connectivity index (χ2v) is 4.07. The Kier molecular flexibility index (Phi) is 3.85. The van der Waals surface area contributed by atoms with Crippen LogP contribution in [0.5, 0.6) is 5.75 Å². The summed E-state index contributed by atoms with van der Waals surface area (Å²) in [5, 5.41) is 9.68. The SMILES string of the molecule is CCCc1cc(B2OCCCO2)ccc1O. The molecule has 0 unspecified atom stereocenters. The van der Waals surface area contributed by atoms with E-state index in [-0.39, 0.29) is 7.12 Å². The Labute approximate surface area is 96.5 Å². The first-order chi connectivity index (χ1) is 7.81. The highest BCUT2D eigenvalue weighted by Crippen LogP contribution is 2.17. The van der Waals surface area contributed by atoms with Crippen molar-refractivity contribution in [3.05, 3.63) is 23.8 Å². The van der Waals surface area contributed by atoms with Gasteiger partial charge in [-0.2, -0.15) is 0 Å². The molecule has 0 aliphatic carbocycles. The summed E-state index contributed by atoms with van der Waals surface area (Å²) in [5.41, 5.74) is 1.97. The number of hydrogen-bond donors (Lipinski definition) is 1. The molecule has 0 bridgehead atoms. The van der Waals surface area contributed by atoms with Crippen molar-refractivity contribution in [3.63, 3.8) is 0 Å². The van der Waals surface area contributed by atoms with Crippen molar-refractivity contribution in [1.82, 2.24) is 0 Å². The molecule has 0 amide bonds. The van der Waals surface area contributed by atoms with E-state index in [9.17, 15) is 5.11 Å². The van der Waals surface area contributed by atoms with Crippen LogP contribution in [-0.2, 0) is 15.7 Å². The summed E-state index contributed by atoms with van der Waals surface area (Å²) in [6.45, 7) is 3.59. The van der Waals surface area contributed by atoms with Crippen LogP contribution in [0.15, 0.2) is 18.2 Å². The maximum atomic E-state index is 9.68. The van der Waals surface area contributed by atoms with Gasteiger partial charge in [-0.25, -0.2) is 0 Å². The molecular formula is C12H17BO3. The van der Waals surface area contributed by atoms with E-state index in [4.69, 9.17) is 9.31 Å². The Morgan fingerprint density at radius 3 is 2.75 bits per heavy atom. The smallest absolute Gasteiger partial charge is 0.493 e. The summed E-state index contributed by atoms with van der Waals surface area (Å²) in [6.07, 6.45) is 2.85. The summed E-state index contributed by atoms with van der Waals surface area (Å²) in [4.78, 5) is 0. The van der Waals surface area contributed by atoms with E-state index < -0.39 is 0 Å². The van der Waals surface area contributed by atoms with Gasteiger partial charge in [0.1, 0.15) is 5.75 Å². The minimum Gasteiger partial charge on any atom is -0.508 e. The van der Waals surface area contributed by atoms with Crippen molar-refractivity contribution in [2.45, 2.75) is 26.2 Å². The van der Waals surface area contributed by atoms with Crippen LogP contribution in [0.25, 0.3) is 0 Å². The Balaban J connectivity index is 2.17. The van der Waals surface area contributed by atoms with Gasteiger partial charge < -0.3 is 14.4 Å². The zero-order valence-corrected chi connectivity index (χ0v) is 9.61. The summed E-state index contributed by atoms with van der Waals surface area (Å²) < 4.78 is 11.1. The molecule has 1 aliphatic rings. The largest absolute Gasteiger partial charge is 0.508 e. The maximum Gasteiger partial charge on any atom is 0.493 e. The third-order valence-corrected chi connectivity index (χ3v) is 2.72. The van der Waals surface area contributed by atoms with Gasteiger partial charge in [-0.05, 0) is 29.9 Å². The predicted molar refractivity (Wildman–Crippen MR) is 64.0 cm³/mol. The van der Waals surface area contributed by atoms with Crippen LogP contribution in [-0.4, -0.2) is 25.4 Å². The molecule has 3 nitrogen and oxygen atoms in total. The topological polar surface area (TPSA) is 38.7 Å². The van der Waals surface area contributed by atoms with Crippen molar-refractivity contribution in [1.29, 1.82) is 0 Å². The number of rotatable bonds is 3. The monoisotopic (exact) mass is 220 g/mol. The molecule has 0 aromatic heterocycles. The molecule has 1 aromatic rings. The number of phenolic OH excluding ortho intramolecular Hbond substituents is 1. The number of hydrogen-bond acceptors (Lipinski definition) is 3. The van der Waals surface area contributed by atoms with E-state index in [0.717, 1.165) is 43.5 Å². The van der Waals surface area contributed by atoms with Crippen LogP contribution < -0.4 is 5.46 Å². The van der Waals surface area contributed by atoms with Crippen LogP contribution in [0, 0.1) is 0 Å². The van der Waals surface area contributed by atoms with Crippen LogP contribution in [0.1, 0.15) is 25.3 Å². The molecule has 86 valence electrons. The van der Waals surface area contributed by atoms with Gasteiger partial charge in [-0.1, -0.05) is 25.5 Å². The van der Waals surface area contributed by atoms with Crippen LogP contribution in [0.2, 0.25) is 0 Å². The molecule has 0 spiro atoms. The van der Waals surface area contributed by atoms with Gasteiger partial charge in [0.05, 0.1) is 0 Å². The second kappa shape index (κ2) is 5.37. The number of benzene rings is 1. The first kappa shape index (κ1) is 11.5. The van der Waals surface area contributed by atoms with E-state index in [1.54, 1.807) is 6.07 Å². The first-order valence-electron chi connectivity index (χ1n) is 5.86. The third-order valence-electron chi connectivity index (χ3n) is 2.72. The van der Waals surface area contributed by atoms with Crippen molar-refractivity contribution >= 4 is 12.6 Å². The van der Waals surface area contributed by atoms with Gasteiger partial charge >= 0.3 is 7.12 Å². The predicted octanol–water partition coefficient (Wildman–Crippen LogP) is 1.48. The lowest BCUT2D eigenvalue weighted by Crippen LogP contribution is -2.41. The van der Waals surface area contributed by atoms with Crippen molar-refractivity contribution in [2.24, 2.45) is 0 Å². The fraction of sp³-hybridized carbons (Fsp3) is 0.500. The zero-order chi connectivity index (χ0) is 11.4. The van der Waals surface area contributed by atoms with Crippen LogP contribution in [0.4, 0.5) is 0 Å². The second-order valence-electron chi connectivity index (χ2n) is 4.07. The summed E-state index contributed by atoms with van der Waals surface area (Å²) in [7, 11) is -0.259.